The summed E-state index contributed by atoms with van der Waals surface area (Å²) in [5.74, 6) is -0.179. The van der Waals surface area contributed by atoms with Gasteiger partial charge in [0.25, 0.3) is 0 Å². The van der Waals surface area contributed by atoms with Gasteiger partial charge < -0.3 is 10.5 Å². The third kappa shape index (κ3) is 4.25. The summed E-state index contributed by atoms with van der Waals surface area (Å²) in [4.78, 5) is 2.44. The number of nitrogens with two attached hydrogens (primary N) is 1. The van der Waals surface area contributed by atoms with E-state index in [2.05, 4.69) is 11.8 Å². The van der Waals surface area contributed by atoms with Crippen molar-refractivity contribution in [1.82, 2.24) is 4.90 Å². The monoisotopic (exact) mass is 294 g/mol. The lowest BCUT2D eigenvalue weighted by Crippen LogP contribution is -2.56. The predicted octanol–water partition coefficient (Wildman–Crippen LogP) is 2.59. The van der Waals surface area contributed by atoms with E-state index in [1.54, 1.807) is 12.1 Å². The van der Waals surface area contributed by atoms with Crippen molar-refractivity contribution in [2.24, 2.45) is 5.73 Å². The lowest BCUT2D eigenvalue weighted by molar-refractivity contribution is -0.0138. The maximum atomic E-state index is 13.4. The highest BCUT2D eigenvalue weighted by Crippen LogP contribution is 2.25. The normalized spacial score (nSPS) is 20.4. The van der Waals surface area contributed by atoms with E-state index >= 15 is 0 Å². The van der Waals surface area contributed by atoms with Gasteiger partial charge in [-0.3, -0.25) is 4.90 Å². The standard InChI is InChI=1S/C17H27FN2O/c1-3-21-16-7-9-20(10-8-16)17(2,13-19)12-14-5-4-6-15(18)11-14/h4-6,11,16H,3,7-10,12-13,19H2,1-2H3. The van der Waals surface area contributed by atoms with Crippen LogP contribution in [0.4, 0.5) is 4.39 Å². The fraction of sp³-hybridized carbons (Fsp3) is 0.647. The molecule has 21 heavy (non-hydrogen) atoms. The molecule has 3 nitrogen and oxygen atoms in total. The maximum Gasteiger partial charge on any atom is 0.123 e. The minimum absolute atomic E-state index is 0.120. The molecule has 118 valence electrons. The molecule has 1 heterocycles. The van der Waals surface area contributed by atoms with Crippen molar-refractivity contribution in [3.05, 3.63) is 35.6 Å². The Morgan fingerprint density at radius 3 is 2.67 bits per heavy atom. The number of piperidine rings is 1. The summed E-state index contributed by atoms with van der Waals surface area (Å²) in [6.07, 6.45) is 3.25. The molecule has 2 N–H and O–H groups in total. The number of hydrogen-bond acceptors (Lipinski definition) is 3. The van der Waals surface area contributed by atoms with Crippen molar-refractivity contribution in [1.29, 1.82) is 0 Å². The molecule has 1 aromatic rings. The van der Waals surface area contributed by atoms with Crippen LogP contribution in [0, 0.1) is 5.82 Å². The van der Waals surface area contributed by atoms with Crippen LogP contribution in [0.5, 0.6) is 0 Å². The van der Waals surface area contributed by atoms with Gasteiger partial charge >= 0.3 is 0 Å². The van der Waals surface area contributed by atoms with Crippen molar-refractivity contribution < 1.29 is 9.13 Å². The first-order chi connectivity index (χ1) is 10.1. The SMILES string of the molecule is CCOC1CCN(C(C)(CN)Cc2cccc(F)c2)CC1. The van der Waals surface area contributed by atoms with E-state index < -0.39 is 0 Å². The summed E-state index contributed by atoms with van der Waals surface area (Å²) < 4.78 is 19.1. The highest BCUT2D eigenvalue weighted by atomic mass is 19.1. The molecule has 0 saturated carbocycles. The summed E-state index contributed by atoms with van der Waals surface area (Å²) in [5, 5.41) is 0. The molecular formula is C17H27FN2O. The van der Waals surface area contributed by atoms with Gasteiger partial charge in [-0.05, 0) is 50.8 Å². The molecule has 1 atom stereocenters. The molecule has 0 bridgehead atoms. The van der Waals surface area contributed by atoms with E-state index in [1.165, 1.54) is 6.07 Å². The van der Waals surface area contributed by atoms with Gasteiger partial charge in [-0.1, -0.05) is 12.1 Å². The maximum absolute atomic E-state index is 13.4. The highest BCUT2D eigenvalue weighted by Gasteiger charge is 2.33. The molecule has 2 rings (SSSR count). The summed E-state index contributed by atoms with van der Waals surface area (Å²) in [6, 6.07) is 6.84. The topological polar surface area (TPSA) is 38.5 Å². The molecule has 0 radical (unpaired) electrons. The number of hydrogen-bond donors (Lipinski definition) is 1. The van der Waals surface area contributed by atoms with Crippen molar-refractivity contribution in [2.45, 2.75) is 44.8 Å². The Kier molecular flexibility index (Phi) is 5.73. The lowest BCUT2D eigenvalue weighted by atomic mass is 9.88. The van der Waals surface area contributed by atoms with Gasteiger partial charge in [0.2, 0.25) is 0 Å². The van der Waals surface area contributed by atoms with Crippen LogP contribution in [-0.2, 0) is 11.2 Å². The Labute approximate surface area is 127 Å². The fourth-order valence-corrected chi connectivity index (χ4v) is 3.20. The summed E-state index contributed by atoms with van der Waals surface area (Å²) >= 11 is 0. The van der Waals surface area contributed by atoms with Gasteiger partial charge in [0.15, 0.2) is 0 Å². The molecule has 1 fully saturated rings. The zero-order valence-corrected chi connectivity index (χ0v) is 13.1. The van der Waals surface area contributed by atoms with Crippen molar-refractivity contribution in [3.63, 3.8) is 0 Å². The molecular weight excluding hydrogens is 267 g/mol. The number of halogens is 1. The second kappa shape index (κ2) is 7.34. The molecule has 0 spiro atoms. The zero-order valence-electron chi connectivity index (χ0n) is 13.1. The third-order valence-corrected chi connectivity index (χ3v) is 4.52. The van der Waals surface area contributed by atoms with Crippen molar-refractivity contribution in [3.8, 4) is 0 Å². The average molecular weight is 294 g/mol. The highest BCUT2D eigenvalue weighted by molar-refractivity contribution is 5.19. The third-order valence-electron chi connectivity index (χ3n) is 4.52. The number of likely N-dealkylation sites (tertiary alicyclic amines) is 1. The second-order valence-electron chi connectivity index (χ2n) is 6.15. The number of ether oxygens (including phenoxy) is 1. The van der Waals surface area contributed by atoms with Crippen LogP contribution in [0.3, 0.4) is 0 Å². The van der Waals surface area contributed by atoms with Crippen LogP contribution in [0.1, 0.15) is 32.3 Å². The fourth-order valence-electron chi connectivity index (χ4n) is 3.20. The smallest absolute Gasteiger partial charge is 0.123 e. The van der Waals surface area contributed by atoms with Gasteiger partial charge in [-0.25, -0.2) is 4.39 Å². The molecule has 4 heteroatoms. The molecule has 1 aromatic carbocycles. The van der Waals surface area contributed by atoms with Crippen molar-refractivity contribution >= 4 is 0 Å². The predicted molar refractivity (Wildman–Crippen MR) is 83.8 cm³/mol. The first kappa shape index (κ1) is 16.4. The minimum atomic E-state index is -0.179. The van der Waals surface area contributed by atoms with Crippen LogP contribution in [0.15, 0.2) is 24.3 Å². The lowest BCUT2D eigenvalue weighted by Gasteiger charge is -2.44. The Hall–Kier alpha value is -0.970. The van der Waals surface area contributed by atoms with E-state index in [0.29, 0.717) is 12.6 Å². The van der Waals surface area contributed by atoms with Gasteiger partial charge in [-0.15, -0.1) is 0 Å². The first-order valence-corrected chi connectivity index (χ1v) is 7.88. The Morgan fingerprint density at radius 2 is 2.10 bits per heavy atom. The molecule has 0 aromatic heterocycles. The average Bonchev–Trinajstić information content (AvgIpc) is 2.48. The van der Waals surface area contributed by atoms with Crippen LogP contribution >= 0.6 is 0 Å². The van der Waals surface area contributed by atoms with Crippen LogP contribution in [0.2, 0.25) is 0 Å². The van der Waals surface area contributed by atoms with Gasteiger partial charge in [0.05, 0.1) is 6.10 Å². The van der Waals surface area contributed by atoms with Gasteiger partial charge in [0, 0.05) is 31.8 Å². The van der Waals surface area contributed by atoms with Gasteiger partial charge in [-0.2, -0.15) is 0 Å². The number of rotatable bonds is 6. The molecule has 1 unspecified atom stereocenters. The van der Waals surface area contributed by atoms with E-state index in [-0.39, 0.29) is 11.4 Å². The molecule has 0 amide bonds. The Bertz CT molecular complexity index is 446. The first-order valence-electron chi connectivity index (χ1n) is 7.88. The van der Waals surface area contributed by atoms with Crippen LogP contribution in [-0.4, -0.2) is 42.8 Å². The van der Waals surface area contributed by atoms with E-state index in [1.807, 2.05) is 13.0 Å². The number of benzene rings is 1. The molecule has 0 aliphatic carbocycles. The summed E-state index contributed by atoms with van der Waals surface area (Å²) in [5.41, 5.74) is 6.94. The van der Waals surface area contributed by atoms with E-state index in [9.17, 15) is 4.39 Å². The van der Waals surface area contributed by atoms with Gasteiger partial charge in [0.1, 0.15) is 5.82 Å². The summed E-state index contributed by atoms with van der Waals surface area (Å²) in [7, 11) is 0. The summed E-state index contributed by atoms with van der Waals surface area (Å²) in [6.45, 7) is 7.56. The van der Waals surface area contributed by atoms with E-state index in [4.69, 9.17) is 10.5 Å². The van der Waals surface area contributed by atoms with E-state index in [0.717, 1.165) is 44.5 Å². The Morgan fingerprint density at radius 1 is 1.38 bits per heavy atom. The molecule has 1 aliphatic rings. The number of nitrogens with zero attached hydrogens (tertiary/aromatic N) is 1. The second-order valence-corrected chi connectivity index (χ2v) is 6.15. The van der Waals surface area contributed by atoms with Crippen molar-refractivity contribution in [2.75, 3.05) is 26.2 Å². The molecule has 1 aliphatic heterocycles. The molecule has 1 saturated heterocycles. The zero-order chi connectivity index (χ0) is 15.3. The van der Waals surface area contributed by atoms with Crippen LogP contribution < -0.4 is 5.73 Å². The minimum Gasteiger partial charge on any atom is -0.378 e. The largest absolute Gasteiger partial charge is 0.378 e. The van der Waals surface area contributed by atoms with Crippen LogP contribution in [0.25, 0.3) is 0 Å². The Balaban J connectivity index is 2.01. The quantitative estimate of drug-likeness (QED) is 0.876.